The lowest BCUT2D eigenvalue weighted by molar-refractivity contribution is 0.119. The fourth-order valence-electron chi connectivity index (χ4n) is 6.44. The molecular formula is C33H37FN6O5S. The zero-order chi connectivity index (χ0) is 32.4. The first-order valence-corrected chi connectivity index (χ1v) is 17.1. The van der Waals surface area contributed by atoms with Gasteiger partial charge in [0.05, 0.1) is 22.2 Å². The van der Waals surface area contributed by atoms with Gasteiger partial charge in [0.15, 0.2) is 0 Å². The topological polar surface area (TPSA) is 147 Å². The Kier molecular flexibility index (Phi) is 8.94. The van der Waals surface area contributed by atoms with Crippen LogP contribution in [0.5, 0.6) is 11.6 Å². The Balaban J connectivity index is 1.30. The summed E-state index contributed by atoms with van der Waals surface area (Å²) in [7, 11) is -3.80. The molecule has 0 radical (unpaired) electrons. The summed E-state index contributed by atoms with van der Waals surface area (Å²) in [4.78, 5) is 26.5. The Hall–Kier alpha value is -4.52. The van der Waals surface area contributed by atoms with Crippen molar-refractivity contribution in [2.45, 2.75) is 63.7 Å². The Morgan fingerprint density at radius 3 is 2.59 bits per heavy atom. The Labute approximate surface area is 267 Å². The Morgan fingerprint density at radius 2 is 1.80 bits per heavy atom. The zero-order valence-electron chi connectivity index (χ0n) is 25.7. The molecule has 2 unspecified atom stereocenters. The van der Waals surface area contributed by atoms with Crippen LogP contribution in [0.25, 0.3) is 22.0 Å². The predicted molar refractivity (Wildman–Crippen MR) is 174 cm³/mol. The van der Waals surface area contributed by atoms with Crippen LogP contribution in [-0.4, -0.2) is 63.9 Å². The molecule has 1 aliphatic heterocycles. The van der Waals surface area contributed by atoms with Gasteiger partial charge in [-0.15, -0.1) is 0 Å². The van der Waals surface area contributed by atoms with Crippen LogP contribution in [0.15, 0.2) is 54.9 Å². The van der Waals surface area contributed by atoms with Crippen molar-refractivity contribution in [2.75, 3.05) is 23.1 Å². The number of carboxylic acid groups (broad SMARTS) is 1. The standard InChI is InChI=1S/C33H37FN6O5S/c1-20-17-22(19-40(18-20)33(41)42)37-32-36-16-14-28(38-32)26-9-6-15-35-31(26)45-30-21(2)10-11-24-25(30)12-13-27(34)29(24)39-46(43,44)23-7-4-3-5-8-23/h6,9-16,20,22-23,39H,3-5,7-8,17-19H2,1-2H3,(H,41,42)(H,36,37,38). The average Bonchev–Trinajstić information content (AvgIpc) is 3.04. The van der Waals surface area contributed by atoms with Crippen LogP contribution in [0.3, 0.4) is 0 Å². The van der Waals surface area contributed by atoms with Crippen molar-refractivity contribution in [2.24, 2.45) is 5.92 Å². The molecule has 3 heterocycles. The van der Waals surface area contributed by atoms with Crippen molar-refractivity contribution in [3.8, 4) is 22.9 Å². The molecule has 0 bridgehead atoms. The molecule has 2 atom stereocenters. The van der Waals surface area contributed by atoms with Gasteiger partial charge in [0.1, 0.15) is 11.6 Å². The van der Waals surface area contributed by atoms with E-state index in [1.165, 1.54) is 11.0 Å². The number of hydrogen-bond acceptors (Lipinski definition) is 8. The minimum Gasteiger partial charge on any atom is -0.465 e. The second-order valence-corrected chi connectivity index (χ2v) is 14.2. The van der Waals surface area contributed by atoms with Crippen LogP contribution in [0.4, 0.5) is 20.8 Å². The van der Waals surface area contributed by atoms with Crippen LogP contribution < -0.4 is 14.8 Å². The molecule has 1 aliphatic carbocycles. The molecule has 2 aromatic heterocycles. The first kappa shape index (κ1) is 31.5. The number of nitrogens with zero attached hydrogens (tertiary/aromatic N) is 4. The summed E-state index contributed by atoms with van der Waals surface area (Å²) in [5.74, 6) is 0.528. The summed E-state index contributed by atoms with van der Waals surface area (Å²) in [6, 6.07) is 11.4. The lowest BCUT2D eigenvalue weighted by Gasteiger charge is -2.35. The first-order valence-electron chi connectivity index (χ1n) is 15.5. The van der Waals surface area contributed by atoms with Crippen molar-refractivity contribution in [1.82, 2.24) is 19.9 Å². The van der Waals surface area contributed by atoms with Crippen LogP contribution >= 0.6 is 0 Å². The quantitative estimate of drug-likeness (QED) is 0.188. The number of benzene rings is 2. The minimum atomic E-state index is -3.80. The van der Waals surface area contributed by atoms with Gasteiger partial charge in [-0.1, -0.05) is 38.3 Å². The van der Waals surface area contributed by atoms with Gasteiger partial charge in [-0.05, 0) is 68.0 Å². The molecule has 2 aromatic carbocycles. The molecule has 242 valence electrons. The molecular weight excluding hydrogens is 611 g/mol. The highest BCUT2D eigenvalue weighted by Gasteiger charge is 2.30. The SMILES string of the molecule is Cc1ccc2c(NS(=O)(=O)C3CCCCC3)c(F)ccc2c1Oc1ncccc1-c1ccnc(NC2CC(C)CN(C(=O)O)C2)n1. The largest absolute Gasteiger partial charge is 0.465 e. The van der Waals surface area contributed by atoms with E-state index in [0.717, 1.165) is 31.2 Å². The molecule has 11 nitrogen and oxygen atoms in total. The number of halogens is 1. The molecule has 2 aliphatic rings. The normalized spacial score (nSPS) is 19.2. The number of anilines is 2. The van der Waals surface area contributed by atoms with E-state index >= 15 is 4.39 Å². The second-order valence-electron chi connectivity index (χ2n) is 12.2. The Bertz CT molecular complexity index is 1870. The van der Waals surface area contributed by atoms with Gasteiger partial charge in [0.25, 0.3) is 0 Å². The van der Waals surface area contributed by atoms with E-state index in [1.807, 2.05) is 19.9 Å². The monoisotopic (exact) mass is 648 g/mol. The lowest BCUT2D eigenvalue weighted by Crippen LogP contribution is -2.47. The number of sulfonamides is 1. The van der Waals surface area contributed by atoms with Crippen molar-refractivity contribution < 1.29 is 27.4 Å². The van der Waals surface area contributed by atoms with Crippen molar-refractivity contribution >= 4 is 38.5 Å². The van der Waals surface area contributed by atoms with Crippen LogP contribution in [0, 0.1) is 18.7 Å². The number of aryl methyl sites for hydroxylation is 1. The Morgan fingerprint density at radius 1 is 1.02 bits per heavy atom. The predicted octanol–water partition coefficient (Wildman–Crippen LogP) is 6.81. The van der Waals surface area contributed by atoms with Gasteiger partial charge >= 0.3 is 6.09 Å². The molecule has 0 spiro atoms. The number of hydrogen-bond donors (Lipinski definition) is 3. The molecule has 2 fully saturated rings. The maximum atomic E-state index is 15.2. The van der Waals surface area contributed by atoms with E-state index in [-0.39, 0.29) is 23.5 Å². The molecule has 4 aromatic rings. The van der Waals surface area contributed by atoms with Crippen molar-refractivity contribution in [1.29, 1.82) is 0 Å². The summed E-state index contributed by atoms with van der Waals surface area (Å²) in [5, 5.41) is 13.1. The molecule has 13 heteroatoms. The van der Waals surface area contributed by atoms with E-state index in [9.17, 15) is 18.3 Å². The zero-order valence-corrected chi connectivity index (χ0v) is 26.6. The third kappa shape index (κ3) is 6.69. The number of likely N-dealkylation sites (tertiary alicyclic amines) is 1. The van der Waals surface area contributed by atoms with Crippen molar-refractivity contribution in [3.05, 3.63) is 66.2 Å². The minimum absolute atomic E-state index is 0.0980. The summed E-state index contributed by atoms with van der Waals surface area (Å²) >= 11 is 0. The van der Waals surface area contributed by atoms with Gasteiger partial charge in [0.2, 0.25) is 21.9 Å². The van der Waals surface area contributed by atoms with Crippen LogP contribution in [-0.2, 0) is 10.0 Å². The maximum absolute atomic E-state index is 15.2. The highest BCUT2D eigenvalue weighted by atomic mass is 32.2. The van der Waals surface area contributed by atoms with E-state index < -0.39 is 27.2 Å². The molecule has 46 heavy (non-hydrogen) atoms. The lowest BCUT2D eigenvalue weighted by atomic mass is 9.96. The van der Waals surface area contributed by atoms with Gasteiger partial charge in [-0.25, -0.2) is 32.6 Å². The number of aromatic nitrogens is 3. The summed E-state index contributed by atoms with van der Waals surface area (Å²) < 4.78 is 50.7. The van der Waals surface area contributed by atoms with E-state index in [1.54, 1.807) is 42.7 Å². The van der Waals surface area contributed by atoms with Gasteiger partial charge in [-0.2, -0.15) is 0 Å². The van der Waals surface area contributed by atoms with Crippen molar-refractivity contribution in [3.63, 3.8) is 0 Å². The fraction of sp³-hybridized carbons (Fsp3) is 0.394. The smallest absolute Gasteiger partial charge is 0.407 e. The molecule has 3 N–H and O–H groups in total. The van der Waals surface area contributed by atoms with Gasteiger partial charge in [0, 0.05) is 42.3 Å². The van der Waals surface area contributed by atoms with Crippen LogP contribution in [0.2, 0.25) is 0 Å². The highest BCUT2D eigenvalue weighted by molar-refractivity contribution is 7.93. The second kappa shape index (κ2) is 13.1. The number of fused-ring (bicyclic) bond motifs is 1. The highest BCUT2D eigenvalue weighted by Crippen LogP contribution is 2.40. The molecule has 1 amide bonds. The number of nitrogens with one attached hydrogen (secondary N) is 2. The van der Waals surface area contributed by atoms with E-state index in [4.69, 9.17) is 9.72 Å². The van der Waals surface area contributed by atoms with Crippen LogP contribution in [0.1, 0.15) is 51.0 Å². The first-order chi connectivity index (χ1) is 22.1. The average molecular weight is 649 g/mol. The summed E-state index contributed by atoms with van der Waals surface area (Å²) in [5.41, 5.74) is 1.76. The summed E-state index contributed by atoms with van der Waals surface area (Å²) in [6.45, 7) is 4.68. The fourth-order valence-corrected chi connectivity index (χ4v) is 8.05. The number of amides is 1. The third-order valence-corrected chi connectivity index (χ3v) is 10.5. The van der Waals surface area contributed by atoms with E-state index in [2.05, 4.69) is 20.0 Å². The maximum Gasteiger partial charge on any atom is 0.407 e. The number of piperidine rings is 1. The van der Waals surface area contributed by atoms with Gasteiger partial charge in [-0.3, -0.25) is 4.72 Å². The summed E-state index contributed by atoms with van der Waals surface area (Å²) in [6.07, 6.45) is 6.80. The third-order valence-electron chi connectivity index (χ3n) is 8.70. The number of rotatable bonds is 8. The molecule has 1 saturated heterocycles. The van der Waals surface area contributed by atoms with Gasteiger partial charge < -0.3 is 20.1 Å². The molecule has 6 rings (SSSR count). The van der Waals surface area contributed by atoms with E-state index in [0.29, 0.717) is 59.7 Å². The number of ether oxygens (including phenoxy) is 1. The number of carbonyl (C=O) groups is 1. The molecule has 1 saturated carbocycles. The number of pyridine rings is 1.